The normalized spacial score (nSPS) is 14.2. The standard InChI is InChI=1S/C16H22N2O5S/c1-3-8-17(11-15(19)20)16(21)13-6-7-14-12(10-13)5-4-9-18(14)24(2,22)23/h6-7,10H,3-5,8-9,11H2,1-2H3,(H,19,20). The highest BCUT2D eigenvalue weighted by molar-refractivity contribution is 7.92. The van der Waals surface area contributed by atoms with E-state index < -0.39 is 16.0 Å². The Kier molecular flexibility index (Phi) is 5.48. The molecule has 8 heteroatoms. The molecule has 0 unspecified atom stereocenters. The summed E-state index contributed by atoms with van der Waals surface area (Å²) >= 11 is 0. The minimum atomic E-state index is -3.35. The number of sulfonamides is 1. The Morgan fingerprint density at radius 1 is 1.33 bits per heavy atom. The fourth-order valence-corrected chi connectivity index (χ4v) is 3.90. The van der Waals surface area contributed by atoms with Gasteiger partial charge in [0.05, 0.1) is 11.9 Å². The second-order valence-corrected chi connectivity index (χ2v) is 7.81. The van der Waals surface area contributed by atoms with E-state index in [0.717, 1.165) is 11.8 Å². The van der Waals surface area contributed by atoms with Crippen molar-refractivity contribution in [1.82, 2.24) is 4.90 Å². The maximum absolute atomic E-state index is 12.6. The molecule has 1 aromatic rings. The number of carbonyl (C=O) groups is 2. The van der Waals surface area contributed by atoms with Crippen LogP contribution in [0.15, 0.2) is 18.2 Å². The Hall–Kier alpha value is -2.09. The summed E-state index contributed by atoms with van der Waals surface area (Å²) < 4.78 is 25.1. The van der Waals surface area contributed by atoms with Crippen LogP contribution in [0.25, 0.3) is 0 Å². The lowest BCUT2D eigenvalue weighted by molar-refractivity contribution is -0.137. The van der Waals surface area contributed by atoms with E-state index in [0.29, 0.717) is 43.6 Å². The van der Waals surface area contributed by atoms with Gasteiger partial charge in [-0.25, -0.2) is 8.42 Å². The van der Waals surface area contributed by atoms with Crippen molar-refractivity contribution < 1.29 is 23.1 Å². The molecule has 132 valence electrons. The molecule has 0 bridgehead atoms. The Bertz CT molecular complexity index is 745. The third-order valence-electron chi connectivity index (χ3n) is 3.91. The van der Waals surface area contributed by atoms with Crippen LogP contribution in [0.4, 0.5) is 5.69 Å². The van der Waals surface area contributed by atoms with Gasteiger partial charge in [0.2, 0.25) is 10.0 Å². The van der Waals surface area contributed by atoms with Crippen LogP contribution >= 0.6 is 0 Å². The number of benzene rings is 1. The molecule has 1 N–H and O–H groups in total. The molecular weight excluding hydrogens is 332 g/mol. The van der Waals surface area contributed by atoms with Crippen LogP contribution in [0.5, 0.6) is 0 Å². The zero-order chi connectivity index (χ0) is 17.9. The maximum Gasteiger partial charge on any atom is 0.323 e. The molecule has 1 heterocycles. The molecular formula is C16H22N2O5S. The van der Waals surface area contributed by atoms with Crippen LogP contribution in [-0.2, 0) is 21.2 Å². The Morgan fingerprint density at radius 3 is 2.62 bits per heavy atom. The third-order valence-corrected chi connectivity index (χ3v) is 5.09. The first-order chi connectivity index (χ1) is 11.2. The van der Waals surface area contributed by atoms with Crippen LogP contribution in [0.1, 0.15) is 35.7 Å². The molecule has 0 saturated heterocycles. The van der Waals surface area contributed by atoms with Crippen molar-refractivity contribution in [3.05, 3.63) is 29.3 Å². The van der Waals surface area contributed by atoms with Crippen molar-refractivity contribution in [1.29, 1.82) is 0 Å². The molecule has 0 fully saturated rings. The zero-order valence-corrected chi connectivity index (χ0v) is 14.7. The molecule has 1 aliphatic rings. The highest BCUT2D eigenvalue weighted by Gasteiger charge is 2.26. The van der Waals surface area contributed by atoms with Crippen molar-refractivity contribution in [2.45, 2.75) is 26.2 Å². The van der Waals surface area contributed by atoms with Gasteiger partial charge in [-0.3, -0.25) is 13.9 Å². The lowest BCUT2D eigenvalue weighted by Gasteiger charge is -2.30. The van der Waals surface area contributed by atoms with Gasteiger partial charge >= 0.3 is 5.97 Å². The van der Waals surface area contributed by atoms with Crippen LogP contribution in [0.2, 0.25) is 0 Å². The molecule has 0 aliphatic carbocycles. The van der Waals surface area contributed by atoms with Gasteiger partial charge in [0.25, 0.3) is 5.91 Å². The average molecular weight is 354 g/mol. The van der Waals surface area contributed by atoms with Gasteiger partial charge in [0, 0.05) is 18.7 Å². The predicted molar refractivity (Wildman–Crippen MR) is 90.8 cm³/mol. The highest BCUT2D eigenvalue weighted by Crippen LogP contribution is 2.30. The van der Waals surface area contributed by atoms with E-state index in [1.54, 1.807) is 18.2 Å². The highest BCUT2D eigenvalue weighted by atomic mass is 32.2. The first kappa shape index (κ1) is 18.3. The van der Waals surface area contributed by atoms with Crippen molar-refractivity contribution in [3.8, 4) is 0 Å². The number of anilines is 1. The summed E-state index contributed by atoms with van der Waals surface area (Å²) in [4.78, 5) is 24.8. The summed E-state index contributed by atoms with van der Waals surface area (Å²) in [6, 6.07) is 4.88. The second kappa shape index (κ2) is 7.21. The van der Waals surface area contributed by atoms with Crippen LogP contribution in [0.3, 0.4) is 0 Å². The number of carboxylic acids is 1. The number of aliphatic carboxylic acids is 1. The number of rotatable bonds is 6. The van der Waals surface area contributed by atoms with Crippen LogP contribution < -0.4 is 4.31 Å². The number of hydrogen-bond donors (Lipinski definition) is 1. The molecule has 0 radical (unpaired) electrons. The maximum atomic E-state index is 12.6. The van der Waals surface area contributed by atoms with Gasteiger partial charge in [-0.05, 0) is 43.0 Å². The Labute approximate surface area is 141 Å². The smallest absolute Gasteiger partial charge is 0.323 e. The van der Waals surface area contributed by atoms with E-state index in [9.17, 15) is 18.0 Å². The number of fused-ring (bicyclic) bond motifs is 1. The first-order valence-corrected chi connectivity index (χ1v) is 9.70. The van der Waals surface area contributed by atoms with E-state index in [1.807, 2.05) is 6.92 Å². The van der Waals surface area contributed by atoms with Crippen LogP contribution in [0, 0.1) is 0 Å². The lowest BCUT2D eigenvalue weighted by Crippen LogP contribution is -2.37. The molecule has 0 spiro atoms. The molecule has 24 heavy (non-hydrogen) atoms. The van der Waals surface area contributed by atoms with E-state index in [-0.39, 0.29) is 12.5 Å². The lowest BCUT2D eigenvalue weighted by atomic mass is 10.00. The Balaban J connectivity index is 2.33. The van der Waals surface area contributed by atoms with Crippen molar-refractivity contribution in [3.63, 3.8) is 0 Å². The van der Waals surface area contributed by atoms with Crippen molar-refractivity contribution >= 4 is 27.6 Å². The van der Waals surface area contributed by atoms with Crippen LogP contribution in [-0.4, -0.2) is 56.2 Å². The van der Waals surface area contributed by atoms with Gasteiger partial charge < -0.3 is 10.0 Å². The summed E-state index contributed by atoms with van der Waals surface area (Å²) in [6.07, 6.45) is 3.20. The van der Waals surface area contributed by atoms with E-state index in [1.165, 1.54) is 9.21 Å². The average Bonchev–Trinajstić information content (AvgIpc) is 2.51. The zero-order valence-electron chi connectivity index (χ0n) is 13.9. The fourth-order valence-electron chi connectivity index (χ4n) is 2.91. The minimum absolute atomic E-state index is 0.348. The first-order valence-electron chi connectivity index (χ1n) is 7.85. The van der Waals surface area contributed by atoms with Gasteiger partial charge in [-0.1, -0.05) is 6.92 Å². The summed E-state index contributed by atoms with van der Waals surface area (Å²) in [6.45, 7) is 2.32. The van der Waals surface area contributed by atoms with Gasteiger partial charge in [0.15, 0.2) is 0 Å². The fraction of sp³-hybridized carbons (Fsp3) is 0.500. The van der Waals surface area contributed by atoms with E-state index >= 15 is 0 Å². The Morgan fingerprint density at radius 2 is 2.04 bits per heavy atom. The third kappa shape index (κ3) is 4.05. The van der Waals surface area contributed by atoms with Gasteiger partial charge in [0.1, 0.15) is 6.54 Å². The van der Waals surface area contributed by atoms with E-state index in [4.69, 9.17) is 5.11 Å². The minimum Gasteiger partial charge on any atom is -0.480 e. The summed E-state index contributed by atoms with van der Waals surface area (Å²) in [5, 5.41) is 8.96. The SMILES string of the molecule is CCCN(CC(=O)O)C(=O)c1ccc2c(c1)CCCN2S(C)(=O)=O. The predicted octanol–water partition coefficient (Wildman–Crippen LogP) is 1.34. The van der Waals surface area contributed by atoms with E-state index in [2.05, 4.69) is 0 Å². The number of amides is 1. The summed E-state index contributed by atoms with van der Waals surface area (Å²) in [5.41, 5.74) is 1.78. The summed E-state index contributed by atoms with van der Waals surface area (Å²) in [5.74, 6) is -1.41. The summed E-state index contributed by atoms with van der Waals surface area (Å²) in [7, 11) is -3.35. The molecule has 7 nitrogen and oxygen atoms in total. The van der Waals surface area contributed by atoms with Crippen molar-refractivity contribution in [2.75, 3.05) is 30.2 Å². The quantitative estimate of drug-likeness (QED) is 0.832. The van der Waals surface area contributed by atoms with Gasteiger partial charge in [-0.2, -0.15) is 0 Å². The molecule has 2 rings (SSSR count). The topological polar surface area (TPSA) is 95.0 Å². The molecule has 0 saturated carbocycles. The molecule has 1 aromatic carbocycles. The molecule has 1 amide bonds. The number of hydrogen-bond acceptors (Lipinski definition) is 4. The monoisotopic (exact) mass is 354 g/mol. The number of nitrogens with zero attached hydrogens (tertiary/aromatic N) is 2. The van der Waals surface area contributed by atoms with Gasteiger partial charge in [-0.15, -0.1) is 0 Å². The second-order valence-electron chi connectivity index (χ2n) is 5.90. The molecule has 1 aliphatic heterocycles. The number of carboxylic acid groups (broad SMARTS) is 1. The van der Waals surface area contributed by atoms with Crippen molar-refractivity contribution in [2.24, 2.45) is 0 Å². The molecule has 0 aromatic heterocycles. The largest absolute Gasteiger partial charge is 0.480 e. The number of carbonyl (C=O) groups excluding carboxylic acids is 1. The molecule has 0 atom stereocenters. The number of aryl methyl sites for hydroxylation is 1.